The summed E-state index contributed by atoms with van der Waals surface area (Å²) in [5.74, 6) is 0. The predicted molar refractivity (Wildman–Crippen MR) is 300 cm³/mol. The number of benzene rings is 7. The molecule has 0 heterocycles. The molecule has 0 bridgehead atoms. The number of anilines is 6. The molecule has 0 radical (unpaired) electrons. The predicted octanol–water partition coefficient (Wildman–Crippen LogP) is 15.7. The Morgan fingerprint density at radius 2 is 0.562 bits per heavy atom. The molecule has 7 aromatic rings. The van der Waals surface area contributed by atoms with Crippen molar-refractivity contribution in [1.82, 2.24) is 0 Å². The standard InChI is InChI=1S/C58H76N2Si4/c1-57(2,3)55-51-31-29-44(60(42-27-23-20-24-28-42)46-35-49(63(13,14)15)40-50(36-46)64(16,17)18)38-54(51)56(58(4,5)6)52-32-30-43(37-53(52)55)59(41-25-21-19-22-26-41)45-33-47(61(7,8)9)39-48(34-45)62(10,11)12/h19-40H,1-18H3. The summed E-state index contributed by atoms with van der Waals surface area (Å²) in [6.45, 7) is 44.2. The van der Waals surface area contributed by atoms with E-state index in [0.717, 1.165) is 0 Å². The third kappa shape index (κ3) is 9.72. The van der Waals surface area contributed by atoms with Crippen molar-refractivity contribution in [3.8, 4) is 0 Å². The summed E-state index contributed by atoms with van der Waals surface area (Å²) < 4.78 is 0. The Morgan fingerprint density at radius 1 is 0.281 bits per heavy atom. The lowest BCUT2D eigenvalue weighted by molar-refractivity contribution is 0.593. The number of para-hydroxylation sites is 2. The van der Waals surface area contributed by atoms with Crippen molar-refractivity contribution in [1.29, 1.82) is 0 Å². The second-order valence-corrected chi connectivity index (χ2v) is 44.9. The van der Waals surface area contributed by atoms with Crippen molar-refractivity contribution >= 4 is 109 Å². The van der Waals surface area contributed by atoms with Crippen LogP contribution in [0.25, 0.3) is 21.5 Å². The van der Waals surface area contributed by atoms with Gasteiger partial charge in [-0.1, -0.05) is 202 Å². The molecule has 0 N–H and O–H groups in total. The Morgan fingerprint density at radius 3 is 0.812 bits per heavy atom. The molecule has 0 amide bonds. The quantitative estimate of drug-likeness (QED) is 0.0996. The molecule has 0 unspecified atom stereocenters. The number of fused-ring (bicyclic) bond motifs is 2. The molecule has 0 aliphatic heterocycles. The molecule has 0 spiro atoms. The first-order valence-corrected chi connectivity index (χ1v) is 37.6. The van der Waals surface area contributed by atoms with Crippen LogP contribution in [0, 0.1) is 0 Å². The summed E-state index contributed by atoms with van der Waals surface area (Å²) in [7, 11) is -6.57. The van der Waals surface area contributed by atoms with Gasteiger partial charge >= 0.3 is 0 Å². The van der Waals surface area contributed by atoms with E-state index in [0.29, 0.717) is 0 Å². The molecule has 0 saturated carbocycles. The fourth-order valence-electron chi connectivity index (χ4n) is 9.36. The first-order valence-electron chi connectivity index (χ1n) is 23.6. The highest BCUT2D eigenvalue weighted by Gasteiger charge is 2.31. The SMILES string of the molecule is CC(C)(C)c1c2ccc(N(c3ccccc3)c3cc([Si](C)(C)C)cc([Si](C)(C)C)c3)cc2c(C(C)(C)C)c2ccc(N(c3ccccc3)c3cc([Si](C)(C)C)cc([Si](C)(C)C)c3)cc12. The lowest BCUT2D eigenvalue weighted by Gasteiger charge is -2.34. The van der Waals surface area contributed by atoms with E-state index in [1.807, 2.05) is 0 Å². The van der Waals surface area contributed by atoms with Crippen molar-refractivity contribution in [3.63, 3.8) is 0 Å². The van der Waals surface area contributed by atoms with E-state index in [9.17, 15) is 0 Å². The molecule has 0 aliphatic carbocycles. The van der Waals surface area contributed by atoms with Crippen LogP contribution in [0.5, 0.6) is 0 Å². The highest BCUT2D eigenvalue weighted by Crippen LogP contribution is 2.48. The van der Waals surface area contributed by atoms with Crippen LogP contribution in [0.15, 0.2) is 133 Å². The second-order valence-electron chi connectivity index (χ2n) is 24.6. The molecule has 64 heavy (non-hydrogen) atoms. The fourth-order valence-corrected chi connectivity index (χ4v) is 14.3. The molecule has 334 valence electrons. The van der Waals surface area contributed by atoms with E-state index in [1.165, 1.54) is 87.5 Å². The van der Waals surface area contributed by atoms with Crippen LogP contribution in [0.4, 0.5) is 34.1 Å². The van der Waals surface area contributed by atoms with Crippen LogP contribution in [0.3, 0.4) is 0 Å². The smallest absolute Gasteiger partial charge is 0.0776 e. The van der Waals surface area contributed by atoms with Gasteiger partial charge in [-0.05, 0) is 116 Å². The average molecular weight is 914 g/mol. The molecular formula is C58H76N2Si4. The van der Waals surface area contributed by atoms with E-state index < -0.39 is 32.3 Å². The van der Waals surface area contributed by atoms with Gasteiger partial charge in [0.2, 0.25) is 0 Å². The zero-order chi connectivity index (χ0) is 46.9. The van der Waals surface area contributed by atoms with Crippen LogP contribution >= 0.6 is 0 Å². The summed E-state index contributed by atoms with van der Waals surface area (Å²) in [6.07, 6.45) is 0. The minimum atomic E-state index is -1.64. The first kappa shape index (κ1) is 47.5. The maximum Gasteiger partial charge on any atom is 0.0776 e. The minimum absolute atomic E-state index is 0.135. The molecule has 6 heteroatoms. The van der Waals surface area contributed by atoms with Crippen molar-refractivity contribution in [3.05, 3.63) is 145 Å². The molecule has 7 aromatic carbocycles. The van der Waals surface area contributed by atoms with E-state index in [1.54, 1.807) is 0 Å². The minimum Gasteiger partial charge on any atom is -0.310 e. The van der Waals surface area contributed by atoms with Crippen LogP contribution < -0.4 is 30.5 Å². The second kappa shape index (κ2) is 16.8. The van der Waals surface area contributed by atoms with Crippen molar-refractivity contribution < 1.29 is 0 Å². The molecule has 0 atom stereocenters. The molecular weight excluding hydrogens is 837 g/mol. The highest BCUT2D eigenvalue weighted by molar-refractivity contribution is 6.92. The van der Waals surface area contributed by atoms with E-state index in [-0.39, 0.29) is 10.8 Å². The molecule has 2 nitrogen and oxygen atoms in total. The first-order chi connectivity index (χ1) is 29.5. The topological polar surface area (TPSA) is 6.48 Å². The van der Waals surface area contributed by atoms with Gasteiger partial charge in [0, 0.05) is 34.1 Å². The van der Waals surface area contributed by atoms with Gasteiger partial charge < -0.3 is 9.80 Å². The number of nitrogens with zero attached hydrogens (tertiary/aromatic N) is 2. The van der Waals surface area contributed by atoms with Gasteiger partial charge in [-0.15, -0.1) is 0 Å². The Kier molecular flexibility index (Phi) is 12.4. The Hall–Kier alpha value is -4.47. The third-order valence-corrected chi connectivity index (χ3v) is 21.0. The largest absolute Gasteiger partial charge is 0.310 e. The van der Waals surface area contributed by atoms with Crippen molar-refractivity contribution in [2.75, 3.05) is 9.80 Å². The maximum atomic E-state index is 2.55. The molecule has 0 aliphatic rings. The van der Waals surface area contributed by atoms with Crippen LogP contribution in [-0.4, -0.2) is 32.3 Å². The summed E-state index contributed by atoms with van der Waals surface area (Å²) in [4.78, 5) is 5.06. The van der Waals surface area contributed by atoms with Crippen LogP contribution in [0.2, 0.25) is 78.6 Å². The molecule has 7 rings (SSSR count). The maximum absolute atomic E-state index is 2.55. The molecule has 0 fully saturated rings. The zero-order valence-corrected chi connectivity index (χ0v) is 46.6. The Bertz CT molecular complexity index is 2560. The lowest BCUT2D eigenvalue weighted by Crippen LogP contribution is -2.45. The highest BCUT2D eigenvalue weighted by atomic mass is 28.3. The monoisotopic (exact) mass is 913 g/mol. The van der Waals surface area contributed by atoms with Gasteiger partial charge in [-0.3, -0.25) is 0 Å². The molecule has 0 saturated heterocycles. The number of hydrogen-bond acceptors (Lipinski definition) is 2. The fraction of sp³-hybridized carbons (Fsp3) is 0.345. The van der Waals surface area contributed by atoms with Gasteiger partial charge in [-0.25, -0.2) is 0 Å². The summed E-state index contributed by atoms with van der Waals surface area (Å²) in [5.41, 5.74) is 9.83. The van der Waals surface area contributed by atoms with Crippen molar-refractivity contribution in [2.45, 2.75) is 131 Å². The van der Waals surface area contributed by atoms with Gasteiger partial charge in [0.1, 0.15) is 0 Å². The van der Waals surface area contributed by atoms with Crippen LogP contribution in [0.1, 0.15) is 52.7 Å². The van der Waals surface area contributed by atoms with Gasteiger partial charge in [-0.2, -0.15) is 0 Å². The van der Waals surface area contributed by atoms with Gasteiger partial charge in [0.15, 0.2) is 0 Å². The zero-order valence-electron chi connectivity index (χ0n) is 42.6. The van der Waals surface area contributed by atoms with E-state index >= 15 is 0 Å². The normalized spacial score (nSPS) is 13.2. The number of rotatable bonds is 10. The van der Waals surface area contributed by atoms with Crippen molar-refractivity contribution in [2.24, 2.45) is 0 Å². The molecule has 0 aromatic heterocycles. The van der Waals surface area contributed by atoms with Crippen LogP contribution in [-0.2, 0) is 10.8 Å². The average Bonchev–Trinajstić information content (AvgIpc) is 3.18. The summed E-state index contributed by atoms with van der Waals surface area (Å²) in [5, 5.41) is 11.4. The summed E-state index contributed by atoms with van der Waals surface area (Å²) >= 11 is 0. The lowest BCUT2D eigenvalue weighted by atomic mass is 9.74. The van der Waals surface area contributed by atoms with E-state index in [4.69, 9.17) is 0 Å². The van der Waals surface area contributed by atoms with Gasteiger partial charge in [0.25, 0.3) is 0 Å². The number of hydrogen-bond donors (Lipinski definition) is 0. The van der Waals surface area contributed by atoms with E-state index in [2.05, 4.69) is 263 Å². The summed E-state index contributed by atoms with van der Waals surface area (Å²) in [6, 6.07) is 52.0. The third-order valence-electron chi connectivity index (χ3n) is 12.9. The Labute approximate surface area is 391 Å². The Balaban J connectivity index is 1.56. The van der Waals surface area contributed by atoms with Gasteiger partial charge in [0.05, 0.1) is 32.3 Å².